The van der Waals surface area contributed by atoms with E-state index in [1.54, 1.807) is 0 Å². The Kier molecular flexibility index (Phi) is 3.64. The van der Waals surface area contributed by atoms with E-state index in [1.165, 1.54) is 10.8 Å². The quantitative estimate of drug-likeness (QED) is 0.798. The number of ether oxygens (including phenoxy) is 1. The van der Waals surface area contributed by atoms with Crippen LogP contribution < -0.4 is 4.74 Å². The third-order valence-corrected chi connectivity index (χ3v) is 2.68. The maximum atomic E-state index is 5.89. The first kappa shape index (κ1) is 11.9. The number of likely N-dealkylation sites (N-methyl/N-ethyl adjacent to an activating group) is 1. The summed E-state index contributed by atoms with van der Waals surface area (Å²) in [7, 11) is 4.11. The molecule has 0 spiro atoms. The highest BCUT2D eigenvalue weighted by molar-refractivity contribution is 5.83. The van der Waals surface area contributed by atoms with Crippen molar-refractivity contribution in [3.05, 3.63) is 42.5 Å². The lowest BCUT2D eigenvalue weighted by Gasteiger charge is -2.18. The van der Waals surface area contributed by atoms with Gasteiger partial charge in [0.25, 0.3) is 0 Å². The van der Waals surface area contributed by atoms with Gasteiger partial charge in [-0.05, 0) is 43.9 Å². The molecule has 2 aromatic rings. The molecule has 0 heterocycles. The van der Waals surface area contributed by atoms with Crippen LogP contribution in [0.4, 0.5) is 0 Å². The highest BCUT2D eigenvalue weighted by atomic mass is 16.5. The lowest BCUT2D eigenvalue weighted by Crippen LogP contribution is -2.27. The Balaban J connectivity index is 2.14. The zero-order valence-electron chi connectivity index (χ0n) is 10.7. The molecule has 0 aliphatic rings. The van der Waals surface area contributed by atoms with Crippen LogP contribution in [-0.2, 0) is 0 Å². The van der Waals surface area contributed by atoms with E-state index in [0.717, 1.165) is 12.3 Å². The van der Waals surface area contributed by atoms with Crippen LogP contribution in [-0.4, -0.2) is 31.6 Å². The fourth-order valence-corrected chi connectivity index (χ4v) is 2.02. The minimum atomic E-state index is 0.200. The summed E-state index contributed by atoms with van der Waals surface area (Å²) in [5.41, 5.74) is 0. The Morgan fingerprint density at radius 3 is 2.47 bits per heavy atom. The zero-order chi connectivity index (χ0) is 12.3. The van der Waals surface area contributed by atoms with Gasteiger partial charge in [-0.2, -0.15) is 0 Å². The lowest BCUT2D eigenvalue weighted by atomic mass is 10.1. The van der Waals surface area contributed by atoms with Gasteiger partial charge in [-0.25, -0.2) is 0 Å². The second kappa shape index (κ2) is 5.19. The van der Waals surface area contributed by atoms with Crippen LogP contribution in [0.5, 0.6) is 5.75 Å². The van der Waals surface area contributed by atoms with Crippen LogP contribution in [0.15, 0.2) is 42.5 Å². The van der Waals surface area contributed by atoms with Crippen molar-refractivity contribution in [1.29, 1.82) is 0 Å². The summed E-state index contributed by atoms with van der Waals surface area (Å²) >= 11 is 0. The Morgan fingerprint density at radius 2 is 1.76 bits per heavy atom. The third kappa shape index (κ3) is 3.21. The molecule has 0 aromatic heterocycles. The minimum Gasteiger partial charge on any atom is -0.489 e. The molecule has 0 aliphatic carbocycles. The minimum absolute atomic E-state index is 0.200. The van der Waals surface area contributed by atoms with Gasteiger partial charge in [0.15, 0.2) is 0 Å². The molecular formula is C15H19NO. The van der Waals surface area contributed by atoms with Crippen molar-refractivity contribution >= 4 is 10.8 Å². The van der Waals surface area contributed by atoms with E-state index in [9.17, 15) is 0 Å². The summed E-state index contributed by atoms with van der Waals surface area (Å²) in [6, 6.07) is 14.6. The molecule has 0 amide bonds. The molecule has 2 rings (SSSR count). The second-order valence-corrected chi connectivity index (χ2v) is 4.70. The third-order valence-electron chi connectivity index (χ3n) is 2.68. The molecule has 0 aliphatic heterocycles. The summed E-state index contributed by atoms with van der Waals surface area (Å²) < 4.78 is 5.89. The molecule has 0 saturated heterocycles. The Labute approximate surface area is 103 Å². The lowest BCUT2D eigenvalue weighted by molar-refractivity contribution is 0.177. The van der Waals surface area contributed by atoms with Crippen LogP contribution in [0.3, 0.4) is 0 Å². The number of rotatable bonds is 4. The first-order valence-electron chi connectivity index (χ1n) is 5.95. The van der Waals surface area contributed by atoms with Gasteiger partial charge < -0.3 is 9.64 Å². The molecule has 0 saturated carbocycles. The second-order valence-electron chi connectivity index (χ2n) is 4.70. The van der Waals surface area contributed by atoms with Crippen molar-refractivity contribution in [3.8, 4) is 5.75 Å². The van der Waals surface area contributed by atoms with Crippen molar-refractivity contribution in [1.82, 2.24) is 4.90 Å². The average molecular weight is 229 g/mol. The molecular weight excluding hydrogens is 210 g/mol. The summed E-state index contributed by atoms with van der Waals surface area (Å²) in [6.07, 6.45) is 0.200. The van der Waals surface area contributed by atoms with Gasteiger partial charge in [0.1, 0.15) is 11.9 Å². The van der Waals surface area contributed by atoms with Crippen molar-refractivity contribution in [2.45, 2.75) is 13.0 Å². The van der Waals surface area contributed by atoms with E-state index in [1.807, 2.05) is 6.07 Å². The van der Waals surface area contributed by atoms with E-state index < -0.39 is 0 Å². The Morgan fingerprint density at radius 1 is 1.06 bits per heavy atom. The SMILES string of the molecule is C[C@H](CN(C)C)Oc1ccc2ccccc2c1. The predicted octanol–water partition coefficient (Wildman–Crippen LogP) is 3.17. The first-order chi connectivity index (χ1) is 8.15. The molecule has 0 bridgehead atoms. The standard InChI is InChI=1S/C15H19NO/c1-12(11-16(2)3)17-15-9-8-13-6-4-5-7-14(13)10-15/h4-10,12H,11H2,1-3H3/t12-/m1/s1. The molecule has 2 aromatic carbocycles. The van der Waals surface area contributed by atoms with Crippen LogP contribution in [0.1, 0.15) is 6.92 Å². The van der Waals surface area contributed by atoms with Crippen LogP contribution in [0.25, 0.3) is 10.8 Å². The Hall–Kier alpha value is -1.54. The fourth-order valence-electron chi connectivity index (χ4n) is 2.02. The fraction of sp³-hybridized carbons (Fsp3) is 0.333. The van der Waals surface area contributed by atoms with E-state index in [2.05, 4.69) is 62.3 Å². The molecule has 1 atom stereocenters. The van der Waals surface area contributed by atoms with Crippen LogP contribution >= 0.6 is 0 Å². The van der Waals surface area contributed by atoms with Crippen LogP contribution in [0.2, 0.25) is 0 Å². The largest absolute Gasteiger partial charge is 0.489 e. The Bertz CT molecular complexity index is 493. The van der Waals surface area contributed by atoms with Crippen molar-refractivity contribution in [2.75, 3.05) is 20.6 Å². The van der Waals surface area contributed by atoms with E-state index in [4.69, 9.17) is 4.74 Å². The van der Waals surface area contributed by atoms with E-state index in [-0.39, 0.29) is 6.10 Å². The highest BCUT2D eigenvalue weighted by Crippen LogP contribution is 2.21. The monoisotopic (exact) mass is 229 g/mol. The van der Waals surface area contributed by atoms with Gasteiger partial charge >= 0.3 is 0 Å². The number of nitrogens with zero attached hydrogens (tertiary/aromatic N) is 1. The molecule has 0 radical (unpaired) electrons. The first-order valence-corrected chi connectivity index (χ1v) is 5.95. The zero-order valence-corrected chi connectivity index (χ0v) is 10.7. The van der Waals surface area contributed by atoms with Gasteiger partial charge in [0.2, 0.25) is 0 Å². The maximum Gasteiger partial charge on any atom is 0.120 e. The van der Waals surface area contributed by atoms with Gasteiger partial charge in [0.05, 0.1) is 0 Å². The smallest absolute Gasteiger partial charge is 0.120 e. The van der Waals surface area contributed by atoms with E-state index in [0.29, 0.717) is 0 Å². The van der Waals surface area contributed by atoms with Crippen molar-refractivity contribution < 1.29 is 4.74 Å². The number of hydrogen-bond acceptors (Lipinski definition) is 2. The van der Waals surface area contributed by atoms with Gasteiger partial charge in [-0.1, -0.05) is 30.3 Å². The number of benzene rings is 2. The average Bonchev–Trinajstić information content (AvgIpc) is 2.27. The highest BCUT2D eigenvalue weighted by Gasteiger charge is 2.05. The van der Waals surface area contributed by atoms with Crippen molar-refractivity contribution in [3.63, 3.8) is 0 Å². The molecule has 0 fully saturated rings. The molecule has 2 heteroatoms. The summed E-state index contributed by atoms with van der Waals surface area (Å²) in [4.78, 5) is 2.13. The molecule has 2 nitrogen and oxygen atoms in total. The topological polar surface area (TPSA) is 12.5 Å². The molecule has 90 valence electrons. The van der Waals surface area contributed by atoms with Crippen LogP contribution in [0, 0.1) is 0 Å². The van der Waals surface area contributed by atoms with Gasteiger partial charge in [-0.15, -0.1) is 0 Å². The van der Waals surface area contributed by atoms with E-state index >= 15 is 0 Å². The summed E-state index contributed by atoms with van der Waals surface area (Å²) in [5.74, 6) is 0.943. The number of hydrogen-bond donors (Lipinski definition) is 0. The molecule has 17 heavy (non-hydrogen) atoms. The molecule has 0 unspecified atom stereocenters. The predicted molar refractivity (Wildman–Crippen MR) is 72.6 cm³/mol. The van der Waals surface area contributed by atoms with Gasteiger partial charge in [0, 0.05) is 6.54 Å². The maximum absolute atomic E-state index is 5.89. The van der Waals surface area contributed by atoms with Crippen molar-refractivity contribution in [2.24, 2.45) is 0 Å². The number of fused-ring (bicyclic) bond motifs is 1. The summed E-state index contributed by atoms with van der Waals surface area (Å²) in [6.45, 7) is 3.02. The van der Waals surface area contributed by atoms with Gasteiger partial charge in [-0.3, -0.25) is 0 Å². The normalized spacial score (nSPS) is 12.9. The summed E-state index contributed by atoms with van der Waals surface area (Å²) in [5, 5.41) is 2.47. The molecule has 0 N–H and O–H groups in total.